The molecule has 0 saturated carbocycles. The zero-order valence-electron chi connectivity index (χ0n) is 15.4. The third kappa shape index (κ3) is 3.36. The number of H-pyrrole nitrogens is 2. The number of nitrogens with one attached hydrogen (secondary N) is 2. The fraction of sp³-hybridized carbons (Fsp3) is 0.450. The monoisotopic (exact) mass is 351 g/mol. The van der Waals surface area contributed by atoms with Crippen LogP contribution in [0, 0.1) is 13.8 Å². The van der Waals surface area contributed by atoms with Crippen molar-refractivity contribution in [2.45, 2.75) is 45.4 Å². The van der Waals surface area contributed by atoms with Gasteiger partial charge in [0, 0.05) is 44.2 Å². The summed E-state index contributed by atoms with van der Waals surface area (Å²) in [5.74, 6) is 2.40. The van der Waals surface area contributed by atoms with E-state index < -0.39 is 0 Å². The first-order valence-electron chi connectivity index (χ1n) is 9.33. The SMILES string of the molecule is Cc1cc2nc(CCC(=O)N3CCC[C@@H](c4ncc[nH]4)C3)[nH]c2cc1C. The third-order valence-electron chi connectivity index (χ3n) is 5.40. The summed E-state index contributed by atoms with van der Waals surface area (Å²) in [6.45, 7) is 5.79. The van der Waals surface area contributed by atoms with Gasteiger partial charge in [-0.1, -0.05) is 0 Å². The molecule has 0 unspecified atom stereocenters. The number of hydrogen-bond donors (Lipinski definition) is 2. The number of fused-ring (bicyclic) bond motifs is 1. The number of aromatic nitrogens is 4. The molecule has 3 heterocycles. The molecular formula is C20H25N5O. The van der Waals surface area contributed by atoms with Crippen molar-refractivity contribution in [2.75, 3.05) is 13.1 Å². The van der Waals surface area contributed by atoms with Gasteiger partial charge in [0.15, 0.2) is 0 Å². The van der Waals surface area contributed by atoms with E-state index in [0.29, 0.717) is 18.8 Å². The molecule has 0 spiro atoms. The lowest BCUT2D eigenvalue weighted by molar-refractivity contribution is -0.132. The number of hydrogen-bond acceptors (Lipinski definition) is 3. The van der Waals surface area contributed by atoms with Crippen molar-refractivity contribution in [3.8, 4) is 0 Å². The molecule has 4 rings (SSSR count). The number of aromatic amines is 2. The van der Waals surface area contributed by atoms with Crippen LogP contribution in [-0.2, 0) is 11.2 Å². The first-order valence-corrected chi connectivity index (χ1v) is 9.33. The molecule has 1 atom stereocenters. The number of likely N-dealkylation sites (tertiary alicyclic amines) is 1. The van der Waals surface area contributed by atoms with E-state index in [1.807, 2.05) is 11.1 Å². The van der Waals surface area contributed by atoms with E-state index >= 15 is 0 Å². The summed E-state index contributed by atoms with van der Waals surface area (Å²) < 4.78 is 0. The van der Waals surface area contributed by atoms with Crippen LogP contribution in [0.25, 0.3) is 11.0 Å². The smallest absolute Gasteiger partial charge is 0.223 e. The van der Waals surface area contributed by atoms with Gasteiger partial charge in [0.2, 0.25) is 5.91 Å². The highest BCUT2D eigenvalue weighted by molar-refractivity contribution is 5.78. The first-order chi connectivity index (χ1) is 12.6. The van der Waals surface area contributed by atoms with Crippen molar-refractivity contribution in [3.63, 3.8) is 0 Å². The number of imidazole rings is 2. The number of benzene rings is 1. The van der Waals surface area contributed by atoms with E-state index in [1.165, 1.54) is 11.1 Å². The lowest BCUT2D eigenvalue weighted by Gasteiger charge is -2.31. The summed E-state index contributed by atoms with van der Waals surface area (Å²) in [5, 5.41) is 0. The van der Waals surface area contributed by atoms with Crippen LogP contribution in [0.5, 0.6) is 0 Å². The summed E-state index contributed by atoms with van der Waals surface area (Å²) in [4.78, 5) is 30.2. The minimum atomic E-state index is 0.203. The Hall–Kier alpha value is -2.63. The van der Waals surface area contributed by atoms with Gasteiger partial charge in [0.25, 0.3) is 0 Å². The van der Waals surface area contributed by atoms with Crippen LogP contribution in [0.1, 0.15) is 48.0 Å². The van der Waals surface area contributed by atoms with Crippen LogP contribution < -0.4 is 0 Å². The van der Waals surface area contributed by atoms with E-state index in [9.17, 15) is 4.79 Å². The van der Waals surface area contributed by atoms with E-state index in [4.69, 9.17) is 0 Å². The topological polar surface area (TPSA) is 77.7 Å². The number of piperidine rings is 1. The standard InChI is InChI=1S/C20H25N5O/c1-13-10-16-17(11-14(13)2)24-18(23-16)5-6-19(26)25-9-3-4-15(12-25)20-21-7-8-22-20/h7-8,10-11,15H,3-6,9,12H2,1-2H3,(H,21,22)(H,23,24)/t15-/m1/s1. The predicted octanol–water partition coefficient (Wildman–Crippen LogP) is 3.24. The number of amides is 1. The van der Waals surface area contributed by atoms with Gasteiger partial charge in [0.05, 0.1) is 11.0 Å². The number of rotatable bonds is 4. The van der Waals surface area contributed by atoms with Gasteiger partial charge in [0.1, 0.15) is 11.6 Å². The Balaban J connectivity index is 1.39. The predicted molar refractivity (Wildman–Crippen MR) is 101 cm³/mol. The second kappa shape index (κ2) is 6.94. The maximum absolute atomic E-state index is 12.7. The zero-order valence-corrected chi connectivity index (χ0v) is 15.4. The average molecular weight is 351 g/mol. The van der Waals surface area contributed by atoms with Crippen molar-refractivity contribution >= 4 is 16.9 Å². The molecule has 1 aliphatic rings. The highest BCUT2D eigenvalue weighted by atomic mass is 16.2. The summed E-state index contributed by atoms with van der Waals surface area (Å²) in [6.07, 6.45) is 6.87. The van der Waals surface area contributed by atoms with Crippen molar-refractivity contribution in [3.05, 3.63) is 47.3 Å². The van der Waals surface area contributed by atoms with Gasteiger partial charge in [-0.3, -0.25) is 4.79 Å². The molecule has 1 amide bonds. The van der Waals surface area contributed by atoms with Gasteiger partial charge < -0.3 is 14.9 Å². The van der Waals surface area contributed by atoms with Crippen molar-refractivity contribution in [1.29, 1.82) is 0 Å². The van der Waals surface area contributed by atoms with E-state index in [1.54, 1.807) is 6.20 Å². The average Bonchev–Trinajstić information content (AvgIpc) is 3.30. The Morgan fingerprint density at radius 3 is 2.96 bits per heavy atom. The fourth-order valence-electron chi connectivity index (χ4n) is 3.75. The Kier molecular flexibility index (Phi) is 4.49. The molecule has 26 heavy (non-hydrogen) atoms. The molecule has 136 valence electrons. The summed E-state index contributed by atoms with van der Waals surface area (Å²) in [7, 11) is 0. The maximum Gasteiger partial charge on any atom is 0.223 e. The zero-order chi connectivity index (χ0) is 18.1. The normalized spacial score (nSPS) is 17.8. The van der Waals surface area contributed by atoms with Crippen molar-refractivity contribution in [2.24, 2.45) is 0 Å². The Morgan fingerprint density at radius 2 is 2.15 bits per heavy atom. The molecule has 0 bridgehead atoms. The molecule has 2 N–H and O–H groups in total. The van der Waals surface area contributed by atoms with Crippen LogP contribution in [-0.4, -0.2) is 43.8 Å². The molecule has 1 fully saturated rings. The maximum atomic E-state index is 12.7. The van der Waals surface area contributed by atoms with Crippen LogP contribution in [0.4, 0.5) is 0 Å². The van der Waals surface area contributed by atoms with Crippen LogP contribution in [0.3, 0.4) is 0 Å². The molecular weight excluding hydrogens is 326 g/mol. The summed E-state index contributed by atoms with van der Waals surface area (Å²) in [5.41, 5.74) is 4.52. The van der Waals surface area contributed by atoms with Gasteiger partial charge in [-0.05, 0) is 49.9 Å². The minimum absolute atomic E-state index is 0.203. The lowest BCUT2D eigenvalue weighted by atomic mass is 9.97. The fourth-order valence-corrected chi connectivity index (χ4v) is 3.75. The van der Waals surface area contributed by atoms with Gasteiger partial charge in [-0.2, -0.15) is 0 Å². The molecule has 1 saturated heterocycles. The molecule has 0 aliphatic carbocycles. The second-order valence-electron chi connectivity index (χ2n) is 7.29. The Labute approximate surface area is 153 Å². The largest absolute Gasteiger partial charge is 0.348 e. The van der Waals surface area contributed by atoms with Crippen molar-refractivity contribution < 1.29 is 4.79 Å². The highest BCUT2D eigenvalue weighted by Gasteiger charge is 2.26. The van der Waals surface area contributed by atoms with E-state index in [2.05, 4.69) is 45.9 Å². The van der Waals surface area contributed by atoms with Crippen LogP contribution in [0.2, 0.25) is 0 Å². The van der Waals surface area contributed by atoms with Gasteiger partial charge >= 0.3 is 0 Å². The number of aryl methyl sites for hydroxylation is 3. The Bertz CT molecular complexity index is 873. The first kappa shape index (κ1) is 16.8. The molecule has 2 aromatic heterocycles. The lowest BCUT2D eigenvalue weighted by Crippen LogP contribution is -2.39. The molecule has 3 aromatic rings. The minimum Gasteiger partial charge on any atom is -0.348 e. The van der Waals surface area contributed by atoms with Crippen molar-refractivity contribution in [1.82, 2.24) is 24.8 Å². The molecule has 1 aliphatic heterocycles. The Morgan fingerprint density at radius 1 is 1.31 bits per heavy atom. The number of nitrogens with zero attached hydrogens (tertiary/aromatic N) is 3. The highest BCUT2D eigenvalue weighted by Crippen LogP contribution is 2.25. The van der Waals surface area contributed by atoms with Crippen LogP contribution in [0.15, 0.2) is 24.5 Å². The molecule has 6 heteroatoms. The van der Waals surface area contributed by atoms with E-state index in [-0.39, 0.29) is 5.91 Å². The number of carbonyl (C=O) groups is 1. The summed E-state index contributed by atoms with van der Waals surface area (Å²) >= 11 is 0. The molecule has 1 aromatic carbocycles. The second-order valence-corrected chi connectivity index (χ2v) is 7.29. The van der Waals surface area contributed by atoms with Crippen LogP contribution >= 0.6 is 0 Å². The van der Waals surface area contributed by atoms with Gasteiger partial charge in [-0.15, -0.1) is 0 Å². The third-order valence-corrected chi connectivity index (χ3v) is 5.40. The number of carbonyl (C=O) groups excluding carboxylic acids is 1. The molecule has 6 nitrogen and oxygen atoms in total. The molecule has 0 radical (unpaired) electrons. The quantitative estimate of drug-likeness (QED) is 0.757. The van der Waals surface area contributed by atoms with Gasteiger partial charge in [-0.25, -0.2) is 9.97 Å². The summed E-state index contributed by atoms with van der Waals surface area (Å²) in [6, 6.07) is 4.23. The van der Waals surface area contributed by atoms with E-state index in [0.717, 1.165) is 48.6 Å².